The van der Waals surface area contributed by atoms with E-state index in [4.69, 9.17) is 11.6 Å². The van der Waals surface area contributed by atoms with Crippen LogP contribution in [-0.2, 0) is 22.6 Å². The summed E-state index contributed by atoms with van der Waals surface area (Å²) in [5.41, 5.74) is 2.85. The molecule has 1 aliphatic rings. The third-order valence-corrected chi connectivity index (χ3v) is 6.08. The molecule has 7 heteroatoms. The third-order valence-electron chi connectivity index (χ3n) is 5.68. The number of hydrogen-bond donors (Lipinski definition) is 0. The summed E-state index contributed by atoms with van der Waals surface area (Å²) in [4.78, 5) is 28.8. The van der Waals surface area contributed by atoms with Crippen molar-refractivity contribution in [3.8, 4) is 0 Å². The number of carbonyl (C=O) groups excluding carboxylic acids is 2. The van der Waals surface area contributed by atoms with E-state index in [1.54, 1.807) is 21.7 Å². The molecule has 0 atom stereocenters. The van der Waals surface area contributed by atoms with Crippen LogP contribution in [0.3, 0.4) is 0 Å². The number of benzene rings is 1. The second-order valence-corrected chi connectivity index (χ2v) is 9.10. The summed E-state index contributed by atoms with van der Waals surface area (Å²) in [6.07, 6.45) is 5.61. The third kappa shape index (κ3) is 6.45. The van der Waals surface area contributed by atoms with E-state index in [0.717, 1.165) is 30.6 Å². The SMILES string of the molecule is Cc1nn(CC(C)C)c(Cl)c1/C=C/C(=O)N1CCN(C(=O)CCCc2ccccc2)CC1. The van der Waals surface area contributed by atoms with Crippen LogP contribution in [0.15, 0.2) is 36.4 Å². The second kappa shape index (κ2) is 11.3. The Balaban J connectivity index is 1.46. The Morgan fingerprint density at radius 1 is 1.09 bits per heavy atom. The van der Waals surface area contributed by atoms with E-state index < -0.39 is 0 Å². The van der Waals surface area contributed by atoms with Crippen molar-refractivity contribution in [1.82, 2.24) is 19.6 Å². The van der Waals surface area contributed by atoms with Crippen LogP contribution < -0.4 is 0 Å². The first-order chi connectivity index (χ1) is 15.3. The normalized spacial score (nSPS) is 14.5. The zero-order chi connectivity index (χ0) is 23.1. The van der Waals surface area contributed by atoms with Crippen molar-refractivity contribution < 1.29 is 9.59 Å². The monoisotopic (exact) mass is 456 g/mol. The number of hydrogen-bond acceptors (Lipinski definition) is 3. The largest absolute Gasteiger partial charge is 0.339 e. The summed E-state index contributed by atoms with van der Waals surface area (Å²) < 4.78 is 1.79. The predicted molar refractivity (Wildman–Crippen MR) is 128 cm³/mol. The molecule has 0 aliphatic carbocycles. The Labute approximate surface area is 195 Å². The van der Waals surface area contributed by atoms with Crippen molar-refractivity contribution in [2.24, 2.45) is 5.92 Å². The maximum Gasteiger partial charge on any atom is 0.246 e. The van der Waals surface area contributed by atoms with Crippen LogP contribution in [0.5, 0.6) is 0 Å². The molecule has 1 fully saturated rings. The minimum absolute atomic E-state index is 0.0618. The summed E-state index contributed by atoms with van der Waals surface area (Å²) in [6, 6.07) is 10.2. The minimum Gasteiger partial charge on any atom is -0.339 e. The molecule has 32 heavy (non-hydrogen) atoms. The first-order valence-electron chi connectivity index (χ1n) is 11.4. The van der Waals surface area contributed by atoms with Crippen LogP contribution in [0, 0.1) is 12.8 Å². The Kier molecular flexibility index (Phi) is 8.51. The summed E-state index contributed by atoms with van der Waals surface area (Å²) in [5, 5.41) is 5.04. The van der Waals surface area contributed by atoms with Gasteiger partial charge in [-0.25, -0.2) is 0 Å². The number of aromatic nitrogens is 2. The molecule has 0 radical (unpaired) electrons. The van der Waals surface area contributed by atoms with E-state index >= 15 is 0 Å². The van der Waals surface area contributed by atoms with Crippen molar-refractivity contribution in [1.29, 1.82) is 0 Å². The van der Waals surface area contributed by atoms with Crippen LogP contribution in [0.1, 0.15) is 43.5 Å². The fourth-order valence-electron chi connectivity index (χ4n) is 3.91. The van der Waals surface area contributed by atoms with E-state index in [-0.39, 0.29) is 11.8 Å². The first-order valence-corrected chi connectivity index (χ1v) is 11.7. The molecule has 2 amide bonds. The summed E-state index contributed by atoms with van der Waals surface area (Å²) >= 11 is 6.46. The molecule has 1 aromatic carbocycles. The van der Waals surface area contributed by atoms with Gasteiger partial charge in [-0.3, -0.25) is 14.3 Å². The maximum absolute atomic E-state index is 12.6. The number of carbonyl (C=O) groups is 2. The zero-order valence-electron chi connectivity index (χ0n) is 19.3. The van der Waals surface area contributed by atoms with Gasteiger partial charge in [-0.15, -0.1) is 0 Å². The molecule has 0 spiro atoms. The molecule has 6 nitrogen and oxygen atoms in total. The Morgan fingerprint density at radius 2 is 1.75 bits per heavy atom. The molecule has 0 bridgehead atoms. The highest BCUT2D eigenvalue weighted by molar-refractivity contribution is 6.31. The number of halogens is 1. The van der Waals surface area contributed by atoms with Gasteiger partial charge in [0.25, 0.3) is 0 Å². The lowest BCUT2D eigenvalue weighted by Gasteiger charge is -2.34. The van der Waals surface area contributed by atoms with Gasteiger partial charge < -0.3 is 9.80 Å². The number of nitrogens with zero attached hydrogens (tertiary/aromatic N) is 4. The molecule has 1 aliphatic heterocycles. The van der Waals surface area contributed by atoms with Gasteiger partial charge in [0, 0.05) is 50.8 Å². The molecule has 0 saturated carbocycles. The quantitative estimate of drug-likeness (QED) is 0.559. The Bertz CT molecular complexity index is 944. The van der Waals surface area contributed by atoms with Crippen LogP contribution in [0.25, 0.3) is 6.08 Å². The lowest BCUT2D eigenvalue weighted by molar-refractivity contribution is -0.137. The van der Waals surface area contributed by atoms with Crippen LogP contribution in [0.2, 0.25) is 5.15 Å². The van der Waals surface area contributed by atoms with Crippen molar-refractivity contribution in [2.45, 2.75) is 46.6 Å². The summed E-state index contributed by atoms with van der Waals surface area (Å²) in [5.74, 6) is 0.541. The number of amides is 2. The van der Waals surface area contributed by atoms with Gasteiger partial charge in [0.05, 0.1) is 5.69 Å². The molecular weight excluding hydrogens is 424 g/mol. The molecule has 2 heterocycles. The molecule has 0 unspecified atom stereocenters. The Morgan fingerprint density at radius 3 is 2.41 bits per heavy atom. The second-order valence-electron chi connectivity index (χ2n) is 8.74. The number of aryl methyl sites for hydroxylation is 2. The topological polar surface area (TPSA) is 58.4 Å². The van der Waals surface area contributed by atoms with E-state index in [0.29, 0.717) is 43.7 Å². The molecule has 1 saturated heterocycles. The highest BCUT2D eigenvalue weighted by Crippen LogP contribution is 2.22. The summed E-state index contributed by atoms with van der Waals surface area (Å²) in [6.45, 7) is 9.11. The van der Waals surface area contributed by atoms with Gasteiger partial charge in [0.2, 0.25) is 11.8 Å². The number of rotatable bonds is 8. The van der Waals surface area contributed by atoms with Crippen molar-refractivity contribution >= 4 is 29.5 Å². The molecule has 3 rings (SSSR count). The van der Waals surface area contributed by atoms with E-state index in [2.05, 4.69) is 31.1 Å². The minimum atomic E-state index is -0.0618. The van der Waals surface area contributed by atoms with Crippen LogP contribution in [-0.4, -0.2) is 57.6 Å². The van der Waals surface area contributed by atoms with E-state index in [1.165, 1.54) is 5.56 Å². The van der Waals surface area contributed by atoms with Gasteiger partial charge in [0.15, 0.2) is 0 Å². The standard InChI is InChI=1S/C25H33ClN4O2/c1-19(2)18-30-25(26)22(20(3)27-30)12-13-24(32)29-16-14-28(15-17-29)23(31)11-7-10-21-8-5-4-6-9-21/h4-6,8-9,12-13,19H,7,10-11,14-18H2,1-3H3/b13-12+. The molecule has 0 N–H and O–H groups in total. The van der Waals surface area contributed by atoms with E-state index in [9.17, 15) is 9.59 Å². The molecular formula is C25H33ClN4O2. The van der Waals surface area contributed by atoms with Gasteiger partial charge in [0.1, 0.15) is 5.15 Å². The van der Waals surface area contributed by atoms with Crippen LogP contribution in [0.4, 0.5) is 0 Å². The smallest absolute Gasteiger partial charge is 0.246 e. The lowest BCUT2D eigenvalue weighted by Crippen LogP contribution is -2.50. The number of piperazine rings is 1. The van der Waals surface area contributed by atoms with Crippen LogP contribution >= 0.6 is 11.6 Å². The fraction of sp³-hybridized carbons (Fsp3) is 0.480. The summed E-state index contributed by atoms with van der Waals surface area (Å²) in [7, 11) is 0. The van der Waals surface area contributed by atoms with Crippen molar-refractivity contribution in [2.75, 3.05) is 26.2 Å². The van der Waals surface area contributed by atoms with Gasteiger partial charge in [-0.05, 0) is 37.3 Å². The first kappa shape index (κ1) is 24.1. The fourth-order valence-corrected chi connectivity index (χ4v) is 4.21. The average molecular weight is 457 g/mol. The molecule has 1 aromatic heterocycles. The Hall–Kier alpha value is -2.60. The van der Waals surface area contributed by atoms with Gasteiger partial charge in [-0.1, -0.05) is 55.8 Å². The van der Waals surface area contributed by atoms with Gasteiger partial charge >= 0.3 is 0 Å². The predicted octanol–water partition coefficient (Wildman–Crippen LogP) is 4.21. The molecule has 2 aromatic rings. The van der Waals surface area contributed by atoms with Crippen molar-refractivity contribution in [3.05, 3.63) is 58.4 Å². The average Bonchev–Trinajstić information content (AvgIpc) is 3.04. The maximum atomic E-state index is 12.6. The van der Waals surface area contributed by atoms with Gasteiger partial charge in [-0.2, -0.15) is 5.10 Å². The highest BCUT2D eigenvalue weighted by atomic mass is 35.5. The van der Waals surface area contributed by atoms with Crippen molar-refractivity contribution in [3.63, 3.8) is 0 Å². The van der Waals surface area contributed by atoms with E-state index in [1.807, 2.05) is 30.0 Å². The zero-order valence-corrected chi connectivity index (χ0v) is 20.0. The lowest BCUT2D eigenvalue weighted by atomic mass is 10.1. The molecule has 172 valence electrons. The highest BCUT2D eigenvalue weighted by Gasteiger charge is 2.23.